The van der Waals surface area contributed by atoms with E-state index in [1.165, 1.54) is 90.4 Å². The van der Waals surface area contributed by atoms with Crippen LogP contribution in [-0.4, -0.2) is 37.1 Å². The Balaban J connectivity index is 1.37. The van der Waals surface area contributed by atoms with Crippen molar-refractivity contribution in [3.8, 4) is 0 Å². The smallest absolute Gasteiger partial charge is 0.0207 e. The van der Waals surface area contributed by atoms with Gasteiger partial charge < -0.3 is 10.2 Å². The molecule has 2 aliphatic rings. The first-order valence-electron chi connectivity index (χ1n) is 8.84. The topological polar surface area (TPSA) is 15.3 Å². The molecule has 0 spiro atoms. The number of rotatable bonds is 11. The number of hydrogen-bond acceptors (Lipinski definition) is 2. The van der Waals surface area contributed by atoms with Gasteiger partial charge >= 0.3 is 0 Å². The molecule has 2 rings (SSSR count). The first-order valence-corrected chi connectivity index (χ1v) is 8.84. The van der Waals surface area contributed by atoms with Gasteiger partial charge in [0.2, 0.25) is 0 Å². The van der Waals surface area contributed by atoms with Crippen molar-refractivity contribution in [3.05, 3.63) is 0 Å². The van der Waals surface area contributed by atoms with Crippen molar-refractivity contribution < 1.29 is 0 Å². The Bertz CT molecular complexity index is 225. The molecular formula is C17H34N2. The Kier molecular flexibility index (Phi) is 7.23. The zero-order chi connectivity index (χ0) is 13.3. The normalized spacial score (nSPS) is 24.2. The van der Waals surface area contributed by atoms with E-state index in [-0.39, 0.29) is 0 Å². The fourth-order valence-corrected chi connectivity index (χ4v) is 3.22. The second-order valence-electron chi connectivity index (χ2n) is 6.76. The van der Waals surface area contributed by atoms with E-state index >= 15 is 0 Å². The van der Waals surface area contributed by atoms with Crippen molar-refractivity contribution in [2.45, 2.75) is 77.2 Å². The third-order valence-corrected chi connectivity index (χ3v) is 4.70. The van der Waals surface area contributed by atoms with Gasteiger partial charge in [-0.2, -0.15) is 0 Å². The van der Waals surface area contributed by atoms with Gasteiger partial charge in [0, 0.05) is 19.1 Å². The molecular weight excluding hydrogens is 232 g/mol. The van der Waals surface area contributed by atoms with Gasteiger partial charge in [-0.1, -0.05) is 45.4 Å². The van der Waals surface area contributed by atoms with E-state index in [1.54, 1.807) is 0 Å². The van der Waals surface area contributed by atoms with Gasteiger partial charge in [0.1, 0.15) is 0 Å². The summed E-state index contributed by atoms with van der Waals surface area (Å²) in [6.45, 7) is 7.57. The maximum absolute atomic E-state index is 3.77. The van der Waals surface area contributed by atoms with Crippen LogP contribution < -0.4 is 5.32 Å². The second kappa shape index (κ2) is 8.97. The Morgan fingerprint density at radius 2 is 1.68 bits per heavy atom. The standard InChI is InChI=1S/C17H34N2/c1-2-3-4-5-6-7-8-12-18-17-11-13-19(15-17)14-16-9-10-16/h16-18H,2-15H2,1H3/t17-/m0/s1. The molecule has 1 aliphatic carbocycles. The summed E-state index contributed by atoms with van der Waals surface area (Å²) in [6, 6.07) is 0.791. The second-order valence-corrected chi connectivity index (χ2v) is 6.76. The first kappa shape index (κ1) is 15.3. The number of hydrogen-bond donors (Lipinski definition) is 1. The van der Waals surface area contributed by atoms with Crippen molar-refractivity contribution in [1.29, 1.82) is 0 Å². The van der Waals surface area contributed by atoms with Crippen LogP contribution in [0.1, 0.15) is 71.1 Å². The highest BCUT2D eigenvalue weighted by molar-refractivity contribution is 4.85. The molecule has 1 atom stereocenters. The number of unbranched alkanes of at least 4 members (excludes halogenated alkanes) is 6. The molecule has 19 heavy (non-hydrogen) atoms. The molecule has 2 nitrogen and oxygen atoms in total. The minimum atomic E-state index is 0.791. The summed E-state index contributed by atoms with van der Waals surface area (Å²) >= 11 is 0. The van der Waals surface area contributed by atoms with Crippen LogP contribution in [0, 0.1) is 5.92 Å². The minimum Gasteiger partial charge on any atom is -0.313 e. The summed E-state index contributed by atoms with van der Waals surface area (Å²) in [5, 5.41) is 3.77. The minimum absolute atomic E-state index is 0.791. The monoisotopic (exact) mass is 266 g/mol. The highest BCUT2D eigenvalue weighted by Crippen LogP contribution is 2.30. The number of nitrogens with zero attached hydrogens (tertiary/aromatic N) is 1. The summed E-state index contributed by atoms with van der Waals surface area (Å²) in [7, 11) is 0. The van der Waals surface area contributed by atoms with Crippen molar-refractivity contribution in [2.75, 3.05) is 26.2 Å². The molecule has 0 unspecified atom stereocenters. The lowest BCUT2D eigenvalue weighted by atomic mass is 10.1. The van der Waals surface area contributed by atoms with Crippen LogP contribution in [0.2, 0.25) is 0 Å². The molecule has 0 bridgehead atoms. The van der Waals surface area contributed by atoms with Gasteiger partial charge in [-0.15, -0.1) is 0 Å². The highest BCUT2D eigenvalue weighted by Gasteiger charge is 2.28. The van der Waals surface area contributed by atoms with Gasteiger partial charge in [0.05, 0.1) is 0 Å². The largest absolute Gasteiger partial charge is 0.313 e. The fraction of sp³-hybridized carbons (Fsp3) is 1.00. The van der Waals surface area contributed by atoms with E-state index in [0.717, 1.165) is 12.0 Å². The van der Waals surface area contributed by atoms with E-state index in [4.69, 9.17) is 0 Å². The number of likely N-dealkylation sites (tertiary alicyclic amines) is 1. The first-order chi connectivity index (χ1) is 9.38. The van der Waals surface area contributed by atoms with Crippen LogP contribution in [0.5, 0.6) is 0 Å². The Hall–Kier alpha value is -0.0800. The Labute approximate surface area is 120 Å². The van der Waals surface area contributed by atoms with E-state index in [0.29, 0.717) is 0 Å². The van der Waals surface area contributed by atoms with Crippen molar-refractivity contribution in [1.82, 2.24) is 10.2 Å². The molecule has 0 aromatic carbocycles. The molecule has 2 fully saturated rings. The van der Waals surface area contributed by atoms with E-state index < -0.39 is 0 Å². The third kappa shape index (κ3) is 6.76. The zero-order valence-electron chi connectivity index (χ0n) is 13.0. The van der Waals surface area contributed by atoms with Crippen molar-refractivity contribution in [3.63, 3.8) is 0 Å². The van der Waals surface area contributed by atoms with E-state index in [9.17, 15) is 0 Å². The Morgan fingerprint density at radius 3 is 2.42 bits per heavy atom. The van der Waals surface area contributed by atoms with Crippen LogP contribution in [0.4, 0.5) is 0 Å². The molecule has 0 aromatic heterocycles. The molecule has 112 valence electrons. The lowest BCUT2D eigenvalue weighted by Gasteiger charge is -2.16. The predicted molar refractivity (Wildman–Crippen MR) is 83.6 cm³/mol. The molecule has 1 saturated carbocycles. The van der Waals surface area contributed by atoms with Crippen LogP contribution in [0.3, 0.4) is 0 Å². The quantitative estimate of drug-likeness (QED) is 0.572. The van der Waals surface area contributed by atoms with Gasteiger partial charge in [0.25, 0.3) is 0 Å². The molecule has 2 heteroatoms. The molecule has 0 aromatic rings. The highest BCUT2D eigenvalue weighted by atomic mass is 15.2. The average molecular weight is 266 g/mol. The maximum atomic E-state index is 3.77. The lowest BCUT2D eigenvalue weighted by Crippen LogP contribution is -2.33. The summed E-state index contributed by atoms with van der Waals surface area (Å²) in [4.78, 5) is 2.68. The van der Waals surface area contributed by atoms with Crippen LogP contribution in [0.15, 0.2) is 0 Å². The average Bonchev–Trinajstić information content (AvgIpc) is 3.11. The molecule has 0 radical (unpaired) electrons. The number of nitrogens with one attached hydrogen (secondary N) is 1. The summed E-state index contributed by atoms with van der Waals surface area (Å²) in [5.41, 5.74) is 0. The molecule has 1 heterocycles. The van der Waals surface area contributed by atoms with E-state index in [2.05, 4.69) is 17.1 Å². The fourth-order valence-electron chi connectivity index (χ4n) is 3.22. The maximum Gasteiger partial charge on any atom is 0.0207 e. The summed E-state index contributed by atoms with van der Waals surface area (Å²) in [6.07, 6.45) is 14.3. The van der Waals surface area contributed by atoms with Gasteiger partial charge in [0.15, 0.2) is 0 Å². The van der Waals surface area contributed by atoms with E-state index in [1.807, 2.05) is 0 Å². The third-order valence-electron chi connectivity index (χ3n) is 4.70. The van der Waals surface area contributed by atoms with Crippen LogP contribution >= 0.6 is 0 Å². The SMILES string of the molecule is CCCCCCCCCN[C@H]1CCN(CC2CC2)C1. The predicted octanol–water partition coefficient (Wildman–Crippen LogP) is 3.81. The molecule has 0 amide bonds. The van der Waals surface area contributed by atoms with Crippen molar-refractivity contribution in [2.24, 2.45) is 5.92 Å². The molecule has 1 aliphatic heterocycles. The molecule has 1 saturated heterocycles. The summed E-state index contributed by atoms with van der Waals surface area (Å²) < 4.78 is 0. The molecule has 1 N–H and O–H groups in total. The zero-order valence-corrected chi connectivity index (χ0v) is 13.0. The van der Waals surface area contributed by atoms with Crippen LogP contribution in [0.25, 0.3) is 0 Å². The van der Waals surface area contributed by atoms with Crippen LogP contribution in [-0.2, 0) is 0 Å². The Morgan fingerprint density at radius 1 is 0.947 bits per heavy atom. The van der Waals surface area contributed by atoms with Gasteiger partial charge in [-0.05, 0) is 44.7 Å². The lowest BCUT2D eigenvalue weighted by molar-refractivity contribution is 0.314. The van der Waals surface area contributed by atoms with Crippen molar-refractivity contribution >= 4 is 0 Å². The van der Waals surface area contributed by atoms with Gasteiger partial charge in [-0.25, -0.2) is 0 Å². The summed E-state index contributed by atoms with van der Waals surface area (Å²) in [5.74, 6) is 1.06. The van der Waals surface area contributed by atoms with Gasteiger partial charge in [-0.3, -0.25) is 0 Å².